The van der Waals surface area contributed by atoms with Gasteiger partial charge in [-0.15, -0.1) is 0 Å². The number of halogens is 1. The molecule has 1 aromatic rings. The maximum atomic E-state index is 11.9. The van der Waals surface area contributed by atoms with Crippen molar-refractivity contribution in [3.8, 4) is 11.8 Å². The van der Waals surface area contributed by atoms with Gasteiger partial charge in [0.2, 0.25) is 0 Å². The van der Waals surface area contributed by atoms with Crippen LogP contribution in [0.25, 0.3) is 0 Å². The van der Waals surface area contributed by atoms with E-state index in [4.69, 9.17) is 20.5 Å². The summed E-state index contributed by atoms with van der Waals surface area (Å²) in [6.45, 7) is 1.25. The van der Waals surface area contributed by atoms with Crippen LogP contribution in [0.4, 0.5) is 5.69 Å². The smallest absolute Gasteiger partial charge is 0.258 e. The molecule has 0 bridgehead atoms. The third kappa shape index (κ3) is 4.47. The summed E-state index contributed by atoms with van der Waals surface area (Å²) in [5.74, 6) is 0.262. The van der Waals surface area contributed by atoms with Crippen LogP contribution in [0.5, 0.6) is 5.75 Å². The molecule has 7 heteroatoms. The highest BCUT2D eigenvalue weighted by Gasteiger charge is 2.17. The van der Waals surface area contributed by atoms with Gasteiger partial charge in [-0.25, -0.2) is 0 Å². The van der Waals surface area contributed by atoms with Crippen LogP contribution >= 0.6 is 22.6 Å². The Kier molecular flexibility index (Phi) is 5.64. The lowest BCUT2D eigenvalue weighted by molar-refractivity contribution is -0.124. The fourth-order valence-electron chi connectivity index (χ4n) is 2.08. The van der Waals surface area contributed by atoms with E-state index in [0.717, 1.165) is 12.8 Å². The molecule has 6 nitrogen and oxygen atoms in total. The number of ether oxygens (including phenoxy) is 2. The van der Waals surface area contributed by atoms with E-state index in [1.807, 2.05) is 28.7 Å². The third-order valence-electron chi connectivity index (χ3n) is 3.14. The summed E-state index contributed by atoms with van der Waals surface area (Å²) in [6.07, 6.45) is 1.64. The van der Waals surface area contributed by atoms with Gasteiger partial charge in [0.15, 0.2) is 12.4 Å². The summed E-state index contributed by atoms with van der Waals surface area (Å²) < 4.78 is 11.4. The van der Waals surface area contributed by atoms with Crippen LogP contribution in [0.2, 0.25) is 0 Å². The molecule has 1 aromatic carbocycles. The van der Waals surface area contributed by atoms with Crippen molar-refractivity contribution in [1.82, 2.24) is 5.32 Å². The average Bonchev–Trinajstić information content (AvgIpc) is 2.47. The number of nitrogens with one attached hydrogen (secondary N) is 1. The molecule has 0 unspecified atom stereocenters. The molecule has 1 saturated heterocycles. The maximum absolute atomic E-state index is 11.9. The van der Waals surface area contributed by atoms with E-state index in [0.29, 0.717) is 33.8 Å². The first kappa shape index (κ1) is 15.9. The first-order valence-electron chi connectivity index (χ1n) is 6.59. The summed E-state index contributed by atoms with van der Waals surface area (Å²) >= 11 is 2.03. The number of hydrogen-bond acceptors (Lipinski definition) is 5. The number of benzene rings is 1. The molecule has 0 aromatic heterocycles. The number of hydrogen-bond donors (Lipinski definition) is 2. The van der Waals surface area contributed by atoms with Gasteiger partial charge in [-0.3, -0.25) is 4.79 Å². The molecule has 0 saturated carbocycles. The highest BCUT2D eigenvalue weighted by atomic mass is 127. The van der Waals surface area contributed by atoms with Gasteiger partial charge in [-0.2, -0.15) is 5.26 Å². The van der Waals surface area contributed by atoms with Gasteiger partial charge < -0.3 is 20.5 Å². The van der Waals surface area contributed by atoms with E-state index < -0.39 is 0 Å². The average molecular weight is 401 g/mol. The maximum Gasteiger partial charge on any atom is 0.258 e. The Hall–Kier alpha value is -1.53. The highest BCUT2D eigenvalue weighted by molar-refractivity contribution is 14.1. The fraction of sp³-hybridized carbons (Fsp3) is 0.429. The summed E-state index contributed by atoms with van der Waals surface area (Å²) in [6, 6.07) is 5.37. The normalized spacial score (nSPS) is 15.2. The SMILES string of the molecule is N#Cc1cc(N)c(OCC(=O)NC2CCOCC2)c(I)c1. The molecular weight excluding hydrogens is 385 g/mol. The van der Waals surface area contributed by atoms with Crippen LogP contribution in [0.15, 0.2) is 12.1 Å². The minimum atomic E-state index is -0.179. The minimum absolute atomic E-state index is 0.0938. The molecule has 1 aliphatic rings. The van der Waals surface area contributed by atoms with Crippen molar-refractivity contribution in [2.75, 3.05) is 25.6 Å². The fourth-order valence-corrected chi connectivity index (χ4v) is 2.88. The number of nitrogens with two attached hydrogens (primary N) is 1. The van der Waals surface area contributed by atoms with Crippen molar-refractivity contribution < 1.29 is 14.3 Å². The van der Waals surface area contributed by atoms with Crippen molar-refractivity contribution in [2.45, 2.75) is 18.9 Å². The molecule has 112 valence electrons. The molecule has 0 aliphatic carbocycles. The number of nitrogen functional groups attached to an aromatic ring is 1. The topological polar surface area (TPSA) is 97.4 Å². The second kappa shape index (κ2) is 7.47. The molecule has 1 fully saturated rings. The molecule has 1 heterocycles. The number of anilines is 1. The van der Waals surface area contributed by atoms with Crippen LogP contribution in [0, 0.1) is 14.9 Å². The first-order valence-corrected chi connectivity index (χ1v) is 7.67. The zero-order valence-electron chi connectivity index (χ0n) is 11.4. The molecule has 1 aliphatic heterocycles. The van der Waals surface area contributed by atoms with E-state index in [1.165, 1.54) is 6.07 Å². The summed E-state index contributed by atoms with van der Waals surface area (Å²) in [7, 11) is 0. The van der Waals surface area contributed by atoms with Gasteiger partial charge in [-0.1, -0.05) is 0 Å². The Labute approximate surface area is 136 Å². The lowest BCUT2D eigenvalue weighted by atomic mass is 10.1. The summed E-state index contributed by atoms with van der Waals surface area (Å²) in [5.41, 5.74) is 6.67. The second-order valence-corrected chi connectivity index (χ2v) is 5.89. The monoisotopic (exact) mass is 401 g/mol. The lowest BCUT2D eigenvalue weighted by Crippen LogP contribution is -2.41. The van der Waals surface area contributed by atoms with Crippen molar-refractivity contribution >= 4 is 34.2 Å². The Morgan fingerprint density at radius 2 is 2.24 bits per heavy atom. The van der Waals surface area contributed by atoms with E-state index in [9.17, 15) is 4.79 Å². The Balaban J connectivity index is 1.90. The quantitative estimate of drug-likeness (QED) is 0.588. The number of nitrogens with zero attached hydrogens (tertiary/aromatic N) is 1. The molecule has 2 rings (SSSR count). The van der Waals surface area contributed by atoms with Gasteiger partial charge in [0.05, 0.1) is 20.9 Å². The van der Waals surface area contributed by atoms with Crippen LogP contribution in [0.3, 0.4) is 0 Å². The molecule has 0 spiro atoms. The number of carbonyl (C=O) groups excluding carboxylic acids is 1. The molecule has 0 atom stereocenters. The van der Waals surface area contributed by atoms with Crippen LogP contribution in [0.1, 0.15) is 18.4 Å². The highest BCUT2D eigenvalue weighted by Crippen LogP contribution is 2.29. The summed E-state index contributed by atoms with van der Waals surface area (Å²) in [4.78, 5) is 11.9. The van der Waals surface area contributed by atoms with Crippen molar-refractivity contribution in [3.63, 3.8) is 0 Å². The van der Waals surface area contributed by atoms with Crippen LogP contribution in [-0.4, -0.2) is 31.8 Å². The van der Waals surface area contributed by atoms with E-state index in [-0.39, 0.29) is 18.6 Å². The Bertz CT molecular complexity index is 542. The first-order chi connectivity index (χ1) is 10.1. The van der Waals surface area contributed by atoms with Gasteiger partial charge in [0.1, 0.15) is 0 Å². The molecule has 21 heavy (non-hydrogen) atoms. The van der Waals surface area contributed by atoms with Gasteiger partial charge in [0.25, 0.3) is 5.91 Å². The number of amides is 1. The van der Waals surface area contributed by atoms with Gasteiger partial charge in [-0.05, 0) is 47.6 Å². The molecule has 1 amide bonds. The van der Waals surface area contributed by atoms with Crippen molar-refractivity contribution in [3.05, 3.63) is 21.3 Å². The predicted molar refractivity (Wildman–Crippen MR) is 85.8 cm³/mol. The third-order valence-corrected chi connectivity index (χ3v) is 3.94. The Morgan fingerprint density at radius 3 is 2.86 bits per heavy atom. The zero-order valence-corrected chi connectivity index (χ0v) is 13.6. The minimum Gasteiger partial charge on any atom is -0.480 e. The van der Waals surface area contributed by atoms with Gasteiger partial charge >= 0.3 is 0 Å². The standard InChI is InChI=1S/C14H16IN3O3/c15-11-5-9(7-16)6-12(17)14(11)21-8-13(19)18-10-1-3-20-4-2-10/h5-6,10H,1-4,8,17H2,(H,18,19). The predicted octanol–water partition coefficient (Wildman–Crippen LogP) is 1.42. The number of carbonyl (C=O) groups is 1. The lowest BCUT2D eigenvalue weighted by Gasteiger charge is -2.23. The number of nitriles is 1. The zero-order chi connectivity index (χ0) is 15.2. The van der Waals surface area contributed by atoms with E-state index in [2.05, 4.69) is 5.32 Å². The van der Waals surface area contributed by atoms with Gasteiger partial charge in [0, 0.05) is 19.3 Å². The van der Waals surface area contributed by atoms with Crippen LogP contribution < -0.4 is 15.8 Å². The molecular formula is C14H16IN3O3. The van der Waals surface area contributed by atoms with Crippen molar-refractivity contribution in [2.24, 2.45) is 0 Å². The Morgan fingerprint density at radius 1 is 1.52 bits per heavy atom. The summed E-state index contributed by atoms with van der Waals surface area (Å²) in [5, 5.41) is 11.8. The van der Waals surface area contributed by atoms with Crippen LogP contribution in [-0.2, 0) is 9.53 Å². The van der Waals surface area contributed by atoms with Crippen molar-refractivity contribution in [1.29, 1.82) is 5.26 Å². The van der Waals surface area contributed by atoms with E-state index >= 15 is 0 Å². The largest absolute Gasteiger partial charge is 0.480 e. The second-order valence-electron chi connectivity index (χ2n) is 4.73. The molecule has 0 radical (unpaired) electrons. The van der Waals surface area contributed by atoms with E-state index in [1.54, 1.807) is 6.07 Å². The number of rotatable bonds is 4. The molecule has 3 N–H and O–H groups in total.